The number of carbonyl (C=O) groups is 1. The molecule has 0 unspecified atom stereocenters. The van der Waals surface area contributed by atoms with Gasteiger partial charge in [0.1, 0.15) is 0 Å². The van der Waals surface area contributed by atoms with E-state index in [-0.39, 0.29) is 0 Å². The molecule has 0 bridgehead atoms. The molecule has 2 fully saturated rings. The maximum Gasteiger partial charge on any atom is 0.225 e. The van der Waals surface area contributed by atoms with E-state index in [1.807, 2.05) is 4.90 Å². The van der Waals surface area contributed by atoms with Crippen LogP contribution in [-0.4, -0.2) is 47.9 Å². The molecule has 0 radical (unpaired) electrons. The molecule has 0 atom stereocenters. The van der Waals surface area contributed by atoms with Crippen LogP contribution in [0.2, 0.25) is 0 Å². The third-order valence-corrected chi connectivity index (χ3v) is 5.68. The van der Waals surface area contributed by atoms with E-state index in [1.165, 1.54) is 5.01 Å². The molecule has 3 rings (SSSR count). The van der Waals surface area contributed by atoms with Crippen molar-refractivity contribution < 1.29 is 4.79 Å². The number of amides is 1. The van der Waals surface area contributed by atoms with E-state index in [0.717, 1.165) is 56.8 Å². The van der Waals surface area contributed by atoms with E-state index < -0.39 is 0 Å². The Labute approximate surface area is 147 Å². The molecule has 1 aliphatic carbocycles. The van der Waals surface area contributed by atoms with Crippen molar-refractivity contribution in [3.63, 3.8) is 0 Å². The number of guanidine groups is 1. The van der Waals surface area contributed by atoms with Crippen LogP contribution >= 0.6 is 11.3 Å². The lowest BCUT2D eigenvalue weighted by atomic mass is 10.0. The van der Waals surface area contributed by atoms with Crippen molar-refractivity contribution in [2.45, 2.75) is 51.6 Å². The van der Waals surface area contributed by atoms with Crippen molar-refractivity contribution in [1.82, 2.24) is 20.5 Å². The average Bonchev–Trinajstić information content (AvgIpc) is 3.37. The summed E-state index contributed by atoms with van der Waals surface area (Å²) in [4.78, 5) is 23.0. The maximum atomic E-state index is 12.1. The second-order valence-electron chi connectivity index (χ2n) is 6.53. The van der Waals surface area contributed by atoms with Crippen LogP contribution in [-0.2, 0) is 17.8 Å². The van der Waals surface area contributed by atoms with Crippen molar-refractivity contribution in [1.29, 1.82) is 0 Å². The highest BCUT2D eigenvalue weighted by Gasteiger charge is 2.34. The number of aromatic nitrogens is 1. The minimum atomic E-state index is 0.329. The zero-order chi connectivity index (χ0) is 16.9. The molecule has 7 heteroatoms. The van der Waals surface area contributed by atoms with Crippen LogP contribution in [0.15, 0.2) is 10.4 Å². The number of piperidine rings is 1. The molecule has 1 amide bonds. The minimum Gasteiger partial charge on any atom is -0.354 e. The van der Waals surface area contributed by atoms with Gasteiger partial charge in [0.15, 0.2) is 5.96 Å². The zero-order valence-corrected chi connectivity index (χ0v) is 15.4. The number of thiazole rings is 1. The predicted molar refractivity (Wildman–Crippen MR) is 97.2 cm³/mol. The normalized spacial score (nSPS) is 19.4. The molecule has 1 saturated heterocycles. The first-order valence-electron chi connectivity index (χ1n) is 8.88. The standard InChI is InChI=1S/C17H27N5OS/c1-3-15-20-14(11-24-15)10-19-17(18-2)21-13-6-8-22(9-7-13)16(23)12-4-5-12/h11-13H,3-10H2,1-2H3,(H2,18,19,21). The highest BCUT2D eigenvalue weighted by molar-refractivity contribution is 7.09. The Morgan fingerprint density at radius 2 is 2.12 bits per heavy atom. The lowest BCUT2D eigenvalue weighted by molar-refractivity contribution is -0.133. The summed E-state index contributed by atoms with van der Waals surface area (Å²) in [5.74, 6) is 1.51. The van der Waals surface area contributed by atoms with E-state index in [9.17, 15) is 4.79 Å². The van der Waals surface area contributed by atoms with Crippen LogP contribution in [0.5, 0.6) is 0 Å². The summed E-state index contributed by atoms with van der Waals surface area (Å²) in [5, 5.41) is 10.1. The number of rotatable bonds is 5. The van der Waals surface area contributed by atoms with Gasteiger partial charge in [-0.2, -0.15) is 0 Å². The molecular formula is C17H27N5OS. The molecule has 1 saturated carbocycles. The quantitative estimate of drug-likeness (QED) is 0.628. The molecule has 2 aliphatic rings. The molecule has 24 heavy (non-hydrogen) atoms. The Balaban J connectivity index is 1.41. The van der Waals surface area contributed by atoms with Gasteiger partial charge in [-0.1, -0.05) is 6.92 Å². The Morgan fingerprint density at radius 3 is 2.71 bits per heavy atom. The molecule has 6 nitrogen and oxygen atoms in total. The van der Waals surface area contributed by atoms with Gasteiger partial charge in [0.25, 0.3) is 0 Å². The fourth-order valence-electron chi connectivity index (χ4n) is 2.99. The number of likely N-dealkylation sites (tertiary alicyclic amines) is 1. The number of aryl methyl sites for hydroxylation is 1. The largest absolute Gasteiger partial charge is 0.354 e. The van der Waals surface area contributed by atoms with Crippen LogP contribution in [0.3, 0.4) is 0 Å². The van der Waals surface area contributed by atoms with Gasteiger partial charge >= 0.3 is 0 Å². The van der Waals surface area contributed by atoms with E-state index >= 15 is 0 Å². The number of aliphatic imine (C=N–C) groups is 1. The predicted octanol–water partition coefficient (Wildman–Crippen LogP) is 1.77. The number of nitrogens with zero attached hydrogens (tertiary/aromatic N) is 3. The third kappa shape index (κ3) is 4.47. The van der Waals surface area contributed by atoms with Gasteiger partial charge in [0, 0.05) is 37.5 Å². The molecule has 132 valence electrons. The summed E-state index contributed by atoms with van der Waals surface area (Å²) in [5.41, 5.74) is 1.06. The third-order valence-electron chi connectivity index (χ3n) is 4.64. The second-order valence-corrected chi connectivity index (χ2v) is 7.47. The molecular weight excluding hydrogens is 322 g/mol. The Kier molecular flexibility index (Phi) is 5.71. The van der Waals surface area contributed by atoms with Crippen LogP contribution in [0.4, 0.5) is 0 Å². The maximum absolute atomic E-state index is 12.1. The second kappa shape index (κ2) is 7.96. The summed E-state index contributed by atoms with van der Waals surface area (Å²) in [6, 6.07) is 0.376. The number of hydrogen-bond donors (Lipinski definition) is 2. The van der Waals surface area contributed by atoms with E-state index in [0.29, 0.717) is 24.4 Å². The highest BCUT2D eigenvalue weighted by Crippen LogP contribution is 2.31. The molecule has 2 heterocycles. The fraction of sp³-hybridized carbons (Fsp3) is 0.706. The zero-order valence-electron chi connectivity index (χ0n) is 14.5. The van der Waals surface area contributed by atoms with Gasteiger partial charge < -0.3 is 15.5 Å². The first-order chi connectivity index (χ1) is 11.7. The molecule has 0 aromatic carbocycles. The SMILES string of the molecule is CCc1nc(CNC(=NC)NC2CCN(C(=O)C3CC3)CC2)cs1. The van der Waals surface area contributed by atoms with E-state index in [2.05, 4.69) is 32.9 Å². The minimum absolute atomic E-state index is 0.329. The summed E-state index contributed by atoms with van der Waals surface area (Å²) >= 11 is 1.71. The van der Waals surface area contributed by atoms with Gasteiger partial charge in [-0.15, -0.1) is 11.3 Å². The lowest BCUT2D eigenvalue weighted by Crippen LogP contribution is -2.49. The monoisotopic (exact) mass is 349 g/mol. The van der Waals surface area contributed by atoms with Crippen molar-refractivity contribution in [3.8, 4) is 0 Å². The first-order valence-corrected chi connectivity index (χ1v) is 9.76. The molecule has 0 spiro atoms. The van der Waals surface area contributed by atoms with Crippen molar-refractivity contribution in [3.05, 3.63) is 16.1 Å². The van der Waals surface area contributed by atoms with Crippen LogP contribution in [0.1, 0.15) is 43.3 Å². The van der Waals surface area contributed by atoms with Gasteiger partial charge in [-0.25, -0.2) is 4.98 Å². The number of hydrogen-bond acceptors (Lipinski definition) is 4. The Hall–Kier alpha value is -1.63. The van der Waals surface area contributed by atoms with Gasteiger partial charge in [-0.3, -0.25) is 9.79 Å². The van der Waals surface area contributed by atoms with Gasteiger partial charge in [0.05, 0.1) is 17.2 Å². The topological polar surface area (TPSA) is 69.6 Å². The molecule has 1 aromatic rings. The summed E-state index contributed by atoms with van der Waals surface area (Å²) in [7, 11) is 1.79. The molecule has 1 aliphatic heterocycles. The Bertz CT molecular complexity index is 588. The molecule has 1 aromatic heterocycles. The van der Waals surface area contributed by atoms with Crippen LogP contribution in [0.25, 0.3) is 0 Å². The smallest absolute Gasteiger partial charge is 0.225 e. The Morgan fingerprint density at radius 1 is 1.38 bits per heavy atom. The first kappa shape index (κ1) is 17.2. The van der Waals surface area contributed by atoms with Gasteiger partial charge in [-0.05, 0) is 32.1 Å². The molecule has 2 N–H and O–H groups in total. The van der Waals surface area contributed by atoms with Crippen molar-refractivity contribution in [2.75, 3.05) is 20.1 Å². The van der Waals surface area contributed by atoms with E-state index in [1.54, 1.807) is 18.4 Å². The fourth-order valence-corrected chi connectivity index (χ4v) is 3.73. The summed E-state index contributed by atoms with van der Waals surface area (Å²) < 4.78 is 0. The lowest BCUT2D eigenvalue weighted by Gasteiger charge is -2.33. The van der Waals surface area contributed by atoms with Crippen LogP contribution in [0, 0.1) is 5.92 Å². The summed E-state index contributed by atoms with van der Waals surface area (Å²) in [6.45, 7) is 4.53. The van der Waals surface area contributed by atoms with Gasteiger partial charge in [0.2, 0.25) is 5.91 Å². The summed E-state index contributed by atoms with van der Waals surface area (Å²) in [6.07, 6.45) is 5.12. The number of carbonyl (C=O) groups excluding carboxylic acids is 1. The van der Waals surface area contributed by atoms with Crippen LogP contribution < -0.4 is 10.6 Å². The van der Waals surface area contributed by atoms with Crippen molar-refractivity contribution in [2.24, 2.45) is 10.9 Å². The highest BCUT2D eigenvalue weighted by atomic mass is 32.1. The van der Waals surface area contributed by atoms with E-state index in [4.69, 9.17) is 0 Å². The number of nitrogens with one attached hydrogen (secondary N) is 2. The van der Waals surface area contributed by atoms with Crippen molar-refractivity contribution >= 4 is 23.2 Å². The average molecular weight is 350 g/mol.